The van der Waals surface area contributed by atoms with Crippen molar-refractivity contribution in [3.05, 3.63) is 69.7 Å². The molecule has 0 bridgehead atoms. The molecule has 0 aliphatic carbocycles. The molecular formula is C23H20ClN3O3S. The largest absolute Gasteiger partial charge is 0.465 e. The van der Waals surface area contributed by atoms with E-state index in [1.54, 1.807) is 13.0 Å². The standard InChI is InChI=1S/C23H20ClN3O3S/c1-3-30-21(28)13-27-12-15(16-7-4-5-10-19(16)27)11-20-22(29)26-23(31-20)25-18-9-6-8-17(24)14(18)2/h4-12H,3,13H2,1-2H3,(H,25,26,29)/b20-11+. The first-order valence-electron chi connectivity index (χ1n) is 9.74. The van der Waals surface area contributed by atoms with E-state index in [0.29, 0.717) is 27.4 Å². The molecule has 1 saturated heterocycles. The number of thioether (sulfide) groups is 1. The number of esters is 1. The summed E-state index contributed by atoms with van der Waals surface area (Å²) in [5.41, 5.74) is 3.31. The number of aliphatic imine (C=N–C) groups is 1. The molecule has 0 saturated carbocycles. The van der Waals surface area contributed by atoms with Crippen molar-refractivity contribution in [2.75, 3.05) is 6.61 Å². The zero-order valence-corrected chi connectivity index (χ0v) is 18.6. The van der Waals surface area contributed by atoms with Crippen LogP contribution in [0, 0.1) is 6.92 Å². The zero-order valence-electron chi connectivity index (χ0n) is 17.0. The Labute approximate surface area is 188 Å². The number of rotatable bonds is 5. The summed E-state index contributed by atoms with van der Waals surface area (Å²) in [7, 11) is 0. The second-order valence-corrected chi connectivity index (χ2v) is 8.34. The van der Waals surface area contributed by atoms with Gasteiger partial charge in [0.2, 0.25) is 0 Å². The quantitative estimate of drug-likeness (QED) is 0.433. The molecule has 1 fully saturated rings. The third-order valence-electron chi connectivity index (χ3n) is 4.82. The summed E-state index contributed by atoms with van der Waals surface area (Å²) in [5.74, 6) is -0.521. The molecule has 3 aromatic rings. The Hall–Kier alpha value is -3.03. The third-order valence-corrected chi connectivity index (χ3v) is 6.14. The third kappa shape index (κ3) is 4.52. The number of hydrogen-bond donors (Lipinski definition) is 1. The number of benzene rings is 2. The van der Waals surface area contributed by atoms with Crippen LogP contribution < -0.4 is 5.32 Å². The summed E-state index contributed by atoms with van der Waals surface area (Å²) in [4.78, 5) is 29.6. The first kappa shape index (κ1) is 21.2. The second-order valence-electron chi connectivity index (χ2n) is 6.90. The predicted octanol–water partition coefficient (Wildman–Crippen LogP) is 5.06. The summed E-state index contributed by atoms with van der Waals surface area (Å²) in [6.45, 7) is 4.11. The van der Waals surface area contributed by atoms with E-state index < -0.39 is 0 Å². The SMILES string of the molecule is CCOC(=O)Cn1cc(/C=C2/SC(=Nc3cccc(Cl)c3C)NC2=O)c2ccccc21. The minimum absolute atomic E-state index is 0.109. The van der Waals surface area contributed by atoms with Gasteiger partial charge in [-0.25, -0.2) is 4.99 Å². The predicted molar refractivity (Wildman–Crippen MR) is 126 cm³/mol. The van der Waals surface area contributed by atoms with E-state index in [1.807, 2.05) is 60.2 Å². The lowest BCUT2D eigenvalue weighted by molar-refractivity contribution is -0.143. The summed E-state index contributed by atoms with van der Waals surface area (Å²) in [6.07, 6.45) is 3.68. The second kappa shape index (κ2) is 8.99. The molecule has 1 aliphatic rings. The molecule has 8 heteroatoms. The summed E-state index contributed by atoms with van der Waals surface area (Å²) in [5, 5.41) is 4.88. The van der Waals surface area contributed by atoms with Gasteiger partial charge in [-0.3, -0.25) is 9.59 Å². The van der Waals surface area contributed by atoms with Crippen molar-refractivity contribution >= 4 is 63.1 Å². The highest BCUT2D eigenvalue weighted by Gasteiger charge is 2.25. The van der Waals surface area contributed by atoms with Crippen LogP contribution in [-0.4, -0.2) is 28.2 Å². The first-order valence-corrected chi connectivity index (χ1v) is 10.9. The molecule has 0 atom stereocenters. The Morgan fingerprint density at radius 1 is 1.26 bits per heavy atom. The summed E-state index contributed by atoms with van der Waals surface area (Å²) < 4.78 is 6.91. The fraction of sp³-hybridized carbons (Fsp3) is 0.174. The van der Waals surface area contributed by atoms with Crippen molar-refractivity contribution in [3.63, 3.8) is 0 Å². The highest BCUT2D eigenvalue weighted by Crippen LogP contribution is 2.32. The van der Waals surface area contributed by atoms with Gasteiger partial charge in [-0.15, -0.1) is 0 Å². The molecule has 1 N–H and O–H groups in total. The fourth-order valence-corrected chi connectivity index (χ4v) is 4.31. The topological polar surface area (TPSA) is 72.7 Å². The molecule has 2 aromatic carbocycles. The van der Waals surface area contributed by atoms with E-state index in [2.05, 4.69) is 10.3 Å². The molecule has 4 rings (SSSR count). The number of ether oxygens (including phenoxy) is 1. The molecule has 6 nitrogen and oxygen atoms in total. The van der Waals surface area contributed by atoms with Crippen molar-refractivity contribution in [1.82, 2.24) is 9.88 Å². The van der Waals surface area contributed by atoms with Crippen LogP contribution in [0.4, 0.5) is 5.69 Å². The Balaban J connectivity index is 1.66. The maximum atomic E-state index is 12.5. The first-order chi connectivity index (χ1) is 15.0. The lowest BCUT2D eigenvalue weighted by Gasteiger charge is -2.04. The monoisotopic (exact) mass is 453 g/mol. The average Bonchev–Trinajstić information content (AvgIpc) is 3.26. The molecule has 1 aliphatic heterocycles. The number of amides is 1. The lowest BCUT2D eigenvalue weighted by Crippen LogP contribution is -2.19. The van der Waals surface area contributed by atoms with Crippen molar-refractivity contribution in [3.8, 4) is 0 Å². The van der Waals surface area contributed by atoms with Gasteiger partial charge in [0.05, 0.1) is 17.2 Å². The van der Waals surface area contributed by atoms with Crippen molar-refractivity contribution < 1.29 is 14.3 Å². The van der Waals surface area contributed by atoms with Crippen molar-refractivity contribution in [2.24, 2.45) is 4.99 Å². The molecule has 2 heterocycles. The maximum Gasteiger partial charge on any atom is 0.325 e. The van der Waals surface area contributed by atoms with Gasteiger partial charge in [-0.1, -0.05) is 35.9 Å². The van der Waals surface area contributed by atoms with E-state index in [1.165, 1.54) is 11.8 Å². The number of carbonyl (C=O) groups excluding carboxylic acids is 2. The van der Waals surface area contributed by atoms with Crippen LogP contribution in [0.5, 0.6) is 0 Å². The van der Waals surface area contributed by atoms with E-state index in [0.717, 1.165) is 22.0 Å². The van der Waals surface area contributed by atoms with E-state index >= 15 is 0 Å². The van der Waals surface area contributed by atoms with Gasteiger partial charge in [0.15, 0.2) is 5.17 Å². The highest BCUT2D eigenvalue weighted by atomic mass is 35.5. The number of para-hydroxylation sites is 1. The minimum Gasteiger partial charge on any atom is -0.465 e. The van der Waals surface area contributed by atoms with Crippen LogP contribution >= 0.6 is 23.4 Å². The minimum atomic E-state index is -0.304. The van der Waals surface area contributed by atoms with Gasteiger partial charge in [0.25, 0.3) is 5.91 Å². The Kier molecular flexibility index (Phi) is 6.15. The lowest BCUT2D eigenvalue weighted by atomic mass is 10.1. The number of carbonyl (C=O) groups is 2. The smallest absolute Gasteiger partial charge is 0.325 e. The number of amidine groups is 1. The number of aromatic nitrogens is 1. The van der Waals surface area contributed by atoms with Crippen molar-refractivity contribution in [2.45, 2.75) is 20.4 Å². The van der Waals surface area contributed by atoms with Crippen LogP contribution in [-0.2, 0) is 20.9 Å². The van der Waals surface area contributed by atoms with Gasteiger partial charge in [-0.05, 0) is 55.4 Å². The number of nitrogens with zero attached hydrogens (tertiary/aromatic N) is 2. The van der Waals surface area contributed by atoms with Crippen LogP contribution in [0.3, 0.4) is 0 Å². The molecule has 0 radical (unpaired) electrons. The number of fused-ring (bicyclic) bond motifs is 1. The molecule has 31 heavy (non-hydrogen) atoms. The highest BCUT2D eigenvalue weighted by molar-refractivity contribution is 8.18. The van der Waals surface area contributed by atoms with Crippen LogP contribution in [0.15, 0.2) is 58.6 Å². The molecule has 158 valence electrons. The van der Waals surface area contributed by atoms with Crippen LogP contribution in [0.25, 0.3) is 17.0 Å². The Bertz CT molecular complexity index is 1250. The normalized spacial score (nSPS) is 16.3. The average molecular weight is 454 g/mol. The number of hydrogen-bond acceptors (Lipinski definition) is 5. The number of halogens is 1. The molecule has 0 spiro atoms. The van der Waals surface area contributed by atoms with Crippen LogP contribution in [0.1, 0.15) is 18.1 Å². The van der Waals surface area contributed by atoms with Gasteiger partial charge in [0.1, 0.15) is 6.54 Å². The summed E-state index contributed by atoms with van der Waals surface area (Å²) >= 11 is 7.44. The number of nitrogens with one attached hydrogen (secondary N) is 1. The van der Waals surface area contributed by atoms with Crippen LogP contribution in [0.2, 0.25) is 5.02 Å². The fourth-order valence-electron chi connectivity index (χ4n) is 3.32. The molecule has 1 amide bonds. The van der Waals surface area contributed by atoms with Gasteiger partial charge in [-0.2, -0.15) is 0 Å². The van der Waals surface area contributed by atoms with Gasteiger partial charge >= 0.3 is 5.97 Å². The Morgan fingerprint density at radius 2 is 2.06 bits per heavy atom. The van der Waals surface area contributed by atoms with E-state index in [9.17, 15) is 9.59 Å². The van der Waals surface area contributed by atoms with Gasteiger partial charge in [0, 0.05) is 27.7 Å². The van der Waals surface area contributed by atoms with E-state index in [-0.39, 0.29) is 18.4 Å². The Morgan fingerprint density at radius 3 is 2.87 bits per heavy atom. The zero-order chi connectivity index (χ0) is 22.0. The summed E-state index contributed by atoms with van der Waals surface area (Å²) in [6, 6.07) is 13.2. The molecule has 0 unspecified atom stereocenters. The van der Waals surface area contributed by atoms with Crippen molar-refractivity contribution in [1.29, 1.82) is 0 Å². The molecule has 1 aromatic heterocycles. The molecular weight excluding hydrogens is 434 g/mol. The van der Waals surface area contributed by atoms with Gasteiger partial charge < -0.3 is 14.6 Å². The maximum absolute atomic E-state index is 12.5. The van der Waals surface area contributed by atoms with E-state index in [4.69, 9.17) is 16.3 Å².